The van der Waals surface area contributed by atoms with Crippen molar-refractivity contribution in [2.24, 2.45) is 11.3 Å². The van der Waals surface area contributed by atoms with Crippen molar-refractivity contribution in [2.75, 3.05) is 52.3 Å². The van der Waals surface area contributed by atoms with Crippen LogP contribution in [0.2, 0.25) is 0 Å². The third-order valence-corrected chi connectivity index (χ3v) is 6.66. The fourth-order valence-electron chi connectivity index (χ4n) is 3.17. The van der Waals surface area contributed by atoms with E-state index in [4.69, 9.17) is 14.6 Å². The number of halogens is 3. The van der Waals surface area contributed by atoms with Crippen LogP contribution in [0.25, 0.3) is 0 Å². The lowest BCUT2D eigenvalue weighted by Crippen LogP contribution is -2.42. The second kappa shape index (κ2) is 8.81. The van der Waals surface area contributed by atoms with Crippen LogP contribution in [0.1, 0.15) is 0 Å². The molecule has 2 fully saturated rings. The van der Waals surface area contributed by atoms with Gasteiger partial charge in [-0.25, -0.2) is 9.78 Å². The smallest absolute Gasteiger partial charge is 0.475 e. The maximum atomic E-state index is 12.4. The average molecular weight is 440 g/mol. The monoisotopic (exact) mass is 440 g/mol. The SMILES string of the molecule is CN(C)S(=O)(=O)N1C[C@@H]2COC[C@]2(CNc2ccccn2)C1.O=C(O)C(F)(F)F. The van der Waals surface area contributed by atoms with Crippen molar-refractivity contribution in [3.8, 4) is 0 Å². The van der Waals surface area contributed by atoms with Gasteiger partial charge in [0.1, 0.15) is 5.82 Å². The summed E-state index contributed by atoms with van der Waals surface area (Å²) in [4.78, 5) is 13.2. The van der Waals surface area contributed by atoms with Crippen LogP contribution in [0.3, 0.4) is 0 Å². The lowest BCUT2D eigenvalue weighted by Gasteiger charge is -2.28. The number of hydrogen-bond acceptors (Lipinski definition) is 6. The van der Waals surface area contributed by atoms with Gasteiger partial charge in [0.25, 0.3) is 10.2 Å². The van der Waals surface area contributed by atoms with Gasteiger partial charge in [-0.3, -0.25) is 0 Å². The first-order chi connectivity index (χ1) is 13.4. The Labute approximate surface area is 166 Å². The molecule has 0 saturated carbocycles. The van der Waals surface area contributed by atoms with Crippen LogP contribution in [0, 0.1) is 11.3 Å². The highest BCUT2D eigenvalue weighted by Gasteiger charge is 2.53. The van der Waals surface area contributed by atoms with Crippen molar-refractivity contribution in [1.29, 1.82) is 0 Å². The van der Waals surface area contributed by atoms with E-state index in [2.05, 4.69) is 10.3 Å². The number of carbonyl (C=O) groups is 1. The minimum absolute atomic E-state index is 0.180. The number of aliphatic carboxylic acids is 1. The average Bonchev–Trinajstić information content (AvgIpc) is 3.18. The normalized spacial score (nSPS) is 24.7. The van der Waals surface area contributed by atoms with Crippen LogP contribution in [0.15, 0.2) is 24.4 Å². The number of ether oxygens (including phenoxy) is 1. The quantitative estimate of drug-likeness (QED) is 0.699. The number of nitrogens with one attached hydrogen (secondary N) is 1. The maximum absolute atomic E-state index is 12.4. The molecule has 29 heavy (non-hydrogen) atoms. The predicted molar refractivity (Wildman–Crippen MR) is 97.3 cm³/mol. The summed E-state index contributed by atoms with van der Waals surface area (Å²) < 4.78 is 64.9. The van der Waals surface area contributed by atoms with E-state index in [1.54, 1.807) is 24.6 Å². The molecule has 1 aromatic rings. The summed E-state index contributed by atoms with van der Waals surface area (Å²) >= 11 is 0. The molecule has 0 bridgehead atoms. The minimum atomic E-state index is -5.08. The molecule has 9 nitrogen and oxygen atoms in total. The Hall–Kier alpha value is -1.96. The zero-order valence-corrected chi connectivity index (χ0v) is 16.7. The number of fused-ring (bicyclic) bond motifs is 1. The fraction of sp³-hybridized carbons (Fsp3) is 0.625. The summed E-state index contributed by atoms with van der Waals surface area (Å²) in [6, 6.07) is 5.70. The third kappa shape index (κ3) is 5.56. The van der Waals surface area contributed by atoms with E-state index in [0.29, 0.717) is 32.8 Å². The van der Waals surface area contributed by atoms with E-state index in [-0.39, 0.29) is 11.3 Å². The highest BCUT2D eigenvalue weighted by atomic mass is 32.2. The number of alkyl halides is 3. The molecule has 0 spiro atoms. The first kappa shape index (κ1) is 23.3. The van der Waals surface area contributed by atoms with Gasteiger partial charge in [-0.05, 0) is 12.1 Å². The van der Waals surface area contributed by atoms with Crippen molar-refractivity contribution < 1.29 is 36.2 Å². The van der Waals surface area contributed by atoms with Crippen LogP contribution in [-0.4, -0.2) is 86.2 Å². The van der Waals surface area contributed by atoms with E-state index < -0.39 is 22.4 Å². The molecule has 0 radical (unpaired) electrons. The number of nitrogens with zero attached hydrogens (tertiary/aromatic N) is 3. The number of rotatable bonds is 5. The molecular weight excluding hydrogens is 417 g/mol. The van der Waals surface area contributed by atoms with Gasteiger partial charge in [-0.1, -0.05) is 6.07 Å². The predicted octanol–water partition coefficient (Wildman–Crippen LogP) is 0.882. The van der Waals surface area contributed by atoms with E-state index in [1.165, 1.54) is 4.31 Å². The summed E-state index contributed by atoms with van der Waals surface area (Å²) in [5.74, 6) is -1.73. The van der Waals surface area contributed by atoms with Crippen LogP contribution >= 0.6 is 0 Å². The number of hydrogen-bond donors (Lipinski definition) is 2. The molecule has 0 amide bonds. The van der Waals surface area contributed by atoms with Crippen molar-refractivity contribution in [1.82, 2.24) is 13.6 Å². The Kier molecular flexibility index (Phi) is 7.09. The molecule has 2 atom stereocenters. The second-order valence-electron chi connectivity index (χ2n) is 7.03. The van der Waals surface area contributed by atoms with Crippen molar-refractivity contribution >= 4 is 22.0 Å². The van der Waals surface area contributed by atoms with Gasteiger partial charge in [0, 0.05) is 51.3 Å². The highest BCUT2D eigenvalue weighted by molar-refractivity contribution is 7.86. The van der Waals surface area contributed by atoms with Crippen molar-refractivity contribution in [3.05, 3.63) is 24.4 Å². The summed E-state index contributed by atoms with van der Waals surface area (Å²) in [5, 5.41) is 10.4. The zero-order valence-electron chi connectivity index (χ0n) is 15.9. The van der Waals surface area contributed by atoms with Gasteiger partial charge < -0.3 is 15.2 Å². The molecule has 2 N–H and O–H groups in total. The summed E-state index contributed by atoms with van der Waals surface area (Å²) in [5.41, 5.74) is -0.180. The molecule has 0 aliphatic carbocycles. The standard InChI is InChI=1S/C14H22N4O3S.C2HF3O2/c1-17(2)22(19,20)18-7-12-8-21-11-14(12,10-18)9-16-13-5-3-4-6-15-13;3-2(4,5)1(6)7/h3-6,12H,7-11H2,1-2H3,(H,15,16);(H,6,7)/t12-,14+;/m1./s1. The minimum Gasteiger partial charge on any atom is -0.475 e. The number of aromatic nitrogens is 1. The fourth-order valence-corrected chi connectivity index (χ4v) is 4.42. The number of pyridine rings is 1. The largest absolute Gasteiger partial charge is 0.490 e. The molecule has 3 rings (SSSR count). The Bertz CT molecular complexity index is 807. The van der Waals surface area contributed by atoms with E-state index in [1.807, 2.05) is 18.2 Å². The molecule has 2 aliphatic rings. The highest BCUT2D eigenvalue weighted by Crippen LogP contribution is 2.42. The van der Waals surface area contributed by atoms with E-state index in [9.17, 15) is 21.6 Å². The number of anilines is 1. The Balaban J connectivity index is 0.000000370. The molecule has 3 heterocycles. The number of carboxylic acid groups (broad SMARTS) is 1. The molecule has 2 aliphatic heterocycles. The van der Waals surface area contributed by atoms with Gasteiger partial charge in [0.2, 0.25) is 0 Å². The zero-order chi connectivity index (χ0) is 21.9. The van der Waals surface area contributed by atoms with E-state index >= 15 is 0 Å². The Morgan fingerprint density at radius 2 is 2.10 bits per heavy atom. The van der Waals surface area contributed by atoms with Crippen LogP contribution in [-0.2, 0) is 19.7 Å². The Morgan fingerprint density at radius 3 is 2.62 bits per heavy atom. The van der Waals surface area contributed by atoms with Crippen LogP contribution < -0.4 is 5.32 Å². The summed E-state index contributed by atoms with van der Waals surface area (Å²) in [7, 11) is -0.236. The van der Waals surface area contributed by atoms with Gasteiger partial charge >= 0.3 is 12.1 Å². The third-order valence-electron chi connectivity index (χ3n) is 4.81. The first-order valence-electron chi connectivity index (χ1n) is 8.59. The van der Waals surface area contributed by atoms with Crippen molar-refractivity contribution in [2.45, 2.75) is 6.18 Å². The molecule has 164 valence electrons. The maximum Gasteiger partial charge on any atom is 0.490 e. The molecule has 13 heteroatoms. The van der Waals surface area contributed by atoms with Crippen LogP contribution in [0.5, 0.6) is 0 Å². The molecule has 0 unspecified atom stereocenters. The molecular formula is C16H23F3N4O5S. The lowest BCUT2D eigenvalue weighted by atomic mass is 9.81. The topological polar surface area (TPSA) is 112 Å². The van der Waals surface area contributed by atoms with Gasteiger partial charge in [-0.2, -0.15) is 30.2 Å². The van der Waals surface area contributed by atoms with Gasteiger partial charge in [0.05, 0.1) is 13.2 Å². The summed E-state index contributed by atoms with van der Waals surface area (Å²) in [6.45, 7) is 2.86. The molecule has 0 aromatic carbocycles. The molecule has 1 aromatic heterocycles. The lowest BCUT2D eigenvalue weighted by molar-refractivity contribution is -0.192. The van der Waals surface area contributed by atoms with Crippen molar-refractivity contribution in [3.63, 3.8) is 0 Å². The van der Waals surface area contributed by atoms with Crippen LogP contribution in [0.4, 0.5) is 19.0 Å². The molecule has 2 saturated heterocycles. The van der Waals surface area contributed by atoms with E-state index in [0.717, 1.165) is 5.82 Å². The summed E-state index contributed by atoms with van der Waals surface area (Å²) in [6.07, 6.45) is -3.35. The second-order valence-corrected chi connectivity index (χ2v) is 9.17. The number of carboxylic acids is 1. The first-order valence-corrected chi connectivity index (χ1v) is 9.98. The Morgan fingerprint density at radius 1 is 1.45 bits per heavy atom. The van der Waals surface area contributed by atoms with Gasteiger partial charge in [-0.15, -0.1) is 0 Å². The van der Waals surface area contributed by atoms with Gasteiger partial charge in [0.15, 0.2) is 0 Å².